The van der Waals surface area contributed by atoms with Crippen molar-refractivity contribution in [1.29, 1.82) is 5.26 Å². The lowest BCUT2D eigenvalue weighted by atomic mass is 9.78. The zero-order chi connectivity index (χ0) is 21.3. The number of benzene rings is 2. The van der Waals surface area contributed by atoms with Crippen LogP contribution < -0.4 is 10.1 Å². The lowest BCUT2D eigenvalue weighted by Gasteiger charge is -2.28. The summed E-state index contributed by atoms with van der Waals surface area (Å²) in [5.74, 6) is -1.61. The van der Waals surface area contributed by atoms with Crippen LogP contribution in [0.4, 0.5) is 5.82 Å². The van der Waals surface area contributed by atoms with E-state index in [4.69, 9.17) is 16.3 Å². The van der Waals surface area contributed by atoms with Crippen LogP contribution in [-0.2, 0) is 4.79 Å². The number of amides is 1. The monoisotopic (exact) mass is 420 g/mol. The van der Waals surface area contributed by atoms with Gasteiger partial charge in [-0.3, -0.25) is 9.59 Å². The van der Waals surface area contributed by atoms with E-state index < -0.39 is 23.7 Å². The zero-order valence-corrected chi connectivity index (χ0v) is 16.8. The molecule has 0 saturated carbocycles. The fourth-order valence-electron chi connectivity index (χ4n) is 3.61. The Balaban J connectivity index is 1.71. The van der Waals surface area contributed by atoms with Gasteiger partial charge in [0.2, 0.25) is 5.91 Å². The molecular weight excluding hydrogens is 404 g/mol. The van der Waals surface area contributed by atoms with Crippen LogP contribution >= 0.6 is 11.6 Å². The number of hydrogen-bond acceptors (Lipinski definition) is 5. The molecule has 1 N–H and O–H groups in total. The molecule has 0 spiro atoms. The largest absolute Gasteiger partial charge is 0.484 e. The molecular formula is C22H17ClN4O3. The van der Waals surface area contributed by atoms with Crippen molar-refractivity contribution < 1.29 is 14.3 Å². The fraction of sp³-hybridized carbons (Fsp3) is 0.182. The second kappa shape index (κ2) is 8.01. The first-order valence-electron chi connectivity index (χ1n) is 9.26. The third-order valence-corrected chi connectivity index (χ3v) is 5.24. The van der Waals surface area contributed by atoms with Gasteiger partial charge in [-0.15, -0.1) is 0 Å². The summed E-state index contributed by atoms with van der Waals surface area (Å²) in [6.07, 6.45) is 0. The van der Waals surface area contributed by atoms with Crippen LogP contribution in [0.1, 0.15) is 27.5 Å². The Hall–Kier alpha value is -3.63. The van der Waals surface area contributed by atoms with Crippen molar-refractivity contribution in [3.8, 4) is 11.8 Å². The molecule has 0 saturated heterocycles. The van der Waals surface area contributed by atoms with Crippen LogP contribution in [-0.4, -0.2) is 28.2 Å². The Kier molecular flexibility index (Phi) is 5.25. The Morgan fingerprint density at radius 2 is 1.93 bits per heavy atom. The summed E-state index contributed by atoms with van der Waals surface area (Å²) in [5.41, 5.74) is 1.94. The highest BCUT2D eigenvalue weighted by atomic mass is 35.5. The highest BCUT2D eigenvalue weighted by molar-refractivity contribution is 6.30. The molecule has 2 heterocycles. The van der Waals surface area contributed by atoms with E-state index in [1.54, 1.807) is 55.5 Å². The van der Waals surface area contributed by atoms with Crippen LogP contribution in [0.2, 0.25) is 5.02 Å². The van der Waals surface area contributed by atoms with Crippen LogP contribution in [0.3, 0.4) is 0 Å². The number of hydrogen-bond donors (Lipinski definition) is 1. The van der Waals surface area contributed by atoms with E-state index >= 15 is 0 Å². The van der Waals surface area contributed by atoms with Gasteiger partial charge in [-0.2, -0.15) is 15.0 Å². The van der Waals surface area contributed by atoms with Gasteiger partial charge in [0.1, 0.15) is 17.5 Å². The Morgan fingerprint density at radius 3 is 2.60 bits per heavy atom. The van der Waals surface area contributed by atoms with E-state index in [1.165, 1.54) is 0 Å². The van der Waals surface area contributed by atoms with E-state index in [2.05, 4.69) is 16.5 Å². The molecule has 8 heteroatoms. The SMILES string of the molecule is Cc1nn(C(=O)COc2ccccc2)c2c1C(c1ccc(Cl)cc1)C(C#N)C(=O)N2. The van der Waals surface area contributed by atoms with Gasteiger partial charge < -0.3 is 10.1 Å². The number of rotatable bonds is 4. The molecule has 1 aliphatic rings. The molecule has 7 nitrogen and oxygen atoms in total. The summed E-state index contributed by atoms with van der Waals surface area (Å²) in [7, 11) is 0. The average Bonchev–Trinajstić information content (AvgIpc) is 3.08. The van der Waals surface area contributed by atoms with E-state index in [9.17, 15) is 14.9 Å². The highest BCUT2D eigenvalue weighted by Crippen LogP contribution is 2.42. The predicted octanol–water partition coefficient (Wildman–Crippen LogP) is 3.79. The van der Waals surface area contributed by atoms with Crippen molar-refractivity contribution in [2.75, 3.05) is 11.9 Å². The minimum atomic E-state index is -0.953. The maximum absolute atomic E-state index is 12.8. The smallest absolute Gasteiger partial charge is 0.286 e. The molecule has 0 fully saturated rings. The van der Waals surface area contributed by atoms with Crippen molar-refractivity contribution in [2.24, 2.45) is 5.92 Å². The van der Waals surface area contributed by atoms with Crippen molar-refractivity contribution >= 4 is 29.2 Å². The molecule has 1 aromatic heterocycles. The minimum absolute atomic E-state index is 0.249. The van der Waals surface area contributed by atoms with Crippen LogP contribution in [0.25, 0.3) is 0 Å². The van der Waals surface area contributed by atoms with Crippen molar-refractivity contribution in [3.05, 3.63) is 76.4 Å². The van der Waals surface area contributed by atoms with Gasteiger partial charge in [-0.05, 0) is 36.8 Å². The molecule has 0 aliphatic carbocycles. The van der Waals surface area contributed by atoms with Gasteiger partial charge in [-0.1, -0.05) is 41.9 Å². The first-order valence-corrected chi connectivity index (χ1v) is 9.64. The second-order valence-electron chi connectivity index (χ2n) is 6.88. The minimum Gasteiger partial charge on any atom is -0.484 e. The number of nitrogens with one attached hydrogen (secondary N) is 1. The van der Waals surface area contributed by atoms with Crippen molar-refractivity contribution in [2.45, 2.75) is 12.8 Å². The summed E-state index contributed by atoms with van der Waals surface area (Å²) >= 11 is 5.99. The van der Waals surface area contributed by atoms with E-state index in [0.29, 0.717) is 22.0 Å². The maximum atomic E-state index is 12.8. The fourth-order valence-corrected chi connectivity index (χ4v) is 3.74. The molecule has 2 aromatic carbocycles. The number of halogens is 1. The lowest BCUT2D eigenvalue weighted by molar-refractivity contribution is -0.119. The van der Waals surface area contributed by atoms with Gasteiger partial charge in [0.15, 0.2) is 6.61 Å². The third-order valence-electron chi connectivity index (χ3n) is 4.99. The summed E-state index contributed by atoms with van der Waals surface area (Å²) in [6, 6.07) is 18.0. The first kappa shape index (κ1) is 19.7. The van der Waals surface area contributed by atoms with Gasteiger partial charge in [0.05, 0.1) is 11.8 Å². The number of nitriles is 1. The number of aryl methyl sites for hydroxylation is 1. The number of ether oxygens (including phenoxy) is 1. The normalized spacial score (nSPS) is 17.6. The van der Waals surface area contributed by atoms with Crippen LogP contribution in [0, 0.1) is 24.2 Å². The van der Waals surface area contributed by atoms with Crippen LogP contribution in [0.5, 0.6) is 5.75 Å². The predicted molar refractivity (Wildman–Crippen MR) is 111 cm³/mol. The molecule has 4 rings (SSSR count). The quantitative estimate of drug-likeness (QED) is 0.692. The van der Waals surface area contributed by atoms with Gasteiger partial charge in [0.25, 0.3) is 5.91 Å². The summed E-state index contributed by atoms with van der Waals surface area (Å²) < 4.78 is 6.67. The third kappa shape index (κ3) is 3.53. The standard InChI is InChI=1S/C22H17ClN4O3/c1-13-19-20(14-7-9-15(23)10-8-14)17(11-24)22(29)25-21(19)27(26-13)18(28)12-30-16-5-3-2-4-6-16/h2-10,17,20H,12H2,1H3,(H,25,29). The van der Waals surface area contributed by atoms with Crippen molar-refractivity contribution in [3.63, 3.8) is 0 Å². The lowest BCUT2D eigenvalue weighted by Crippen LogP contribution is -2.35. The van der Waals surface area contributed by atoms with Gasteiger partial charge >= 0.3 is 0 Å². The molecule has 1 aliphatic heterocycles. The molecule has 2 unspecified atom stereocenters. The number of fused-ring (bicyclic) bond motifs is 1. The number of aromatic nitrogens is 2. The van der Waals surface area contributed by atoms with Crippen LogP contribution in [0.15, 0.2) is 54.6 Å². The Labute approximate surface area is 177 Å². The van der Waals surface area contributed by atoms with Crippen molar-refractivity contribution in [1.82, 2.24) is 9.78 Å². The molecule has 3 aromatic rings. The Bertz CT molecular complexity index is 1150. The van der Waals surface area contributed by atoms with E-state index in [-0.39, 0.29) is 12.4 Å². The maximum Gasteiger partial charge on any atom is 0.286 e. The number of para-hydroxylation sites is 1. The molecule has 0 radical (unpaired) electrons. The van der Waals surface area contributed by atoms with E-state index in [0.717, 1.165) is 10.2 Å². The number of anilines is 1. The summed E-state index contributed by atoms with van der Waals surface area (Å²) in [6.45, 7) is 1.50. The average molecular weight is 421 g/mol. The molecule has 0 bridgehead atoms. The highest BCUT2D eigenvalue weighted by Gasteiger charge is 2.41. The number of nitrogens with zero attached hydrogens (tertiary/aromatic N) is 3. The molecule has 30 heavy (non-hydrogen) atoms. The zero-order valence-electron chi connectivity index (χ0n) is 16.0. The second-order valence-corrected chi connectivity index (χ2v) is 7.32. The summed E-state index contributed by atoms with van der Waals surface area (Å²) in [4.78, 5) is 25.4. The molecule has 150 valence electrons. The number of carbonyl (C=O) groups excluding carboxylic acids is 2. The van der Waals surface area contributed by atoms with Gasteiger partial charge in [0, 0.05) is 16.5 Å². The first-order chi connectivity index (χ1) is 14.5. The Morgan fingerprint density at radius 1 is 1.23 bits per heavy atom. The van der Waals surface area contributed by atoms with Gasteiger partial charge in [-0.25, -0.2) is 0 Å². The van der Waals surface area contributed by atoms with E-state index in [1.807, 2.05) is 6.07 Å². The summed E-state index contributed by atoms with van der Waals surface area (Å²) in [5, 5.41) is 17.2. The molecule has 2 atom stereocenters. The molecule has 1 amide bonds. The topological polar surface area (TPSA) is 97.0 Å². The number of carbonyl (C=O) groups is 2.